The SMILES string of the molecule is CN(CC1CCCN1)C(=O)c1ccc(O)cc1O. The van der Waals surface area contributed by atoms with Crippen molar-refractivity contribution in [3.05, 3.63) is 23.8 Å². The van der Waals surface area contributed by atoms with E-state index in [2.05, 4.69) is 5.32 Å². The molecule has 1 aliphatic rings. The van der Waals surface area contributed by atoms with Crippen molar-refractivity contribution >= 4 is 5.91 Å². The highest BCUT2D eigenvalue weighted by molar-refractivity contribution is 5.96. The Morgan fingerprint density at radius 2 is 2.28 bits per heavy atom. The fraction of sp³-hybridized carbons (Fsp3) is 0.462. The molecule has 1 aliphatic heterocycles. The van der Waals surface area contributed by atoms with Gasteiger partial charge in [-0.3, -0.25) is 4.79 Å². The van der Waals surface area contributed by atoms with Crippen LogP contribution in [0.2, 0.25) is 0 Å². The molecule has 1 heterocycles. The molecule has 1 atom stereocenters. The van der Waals surface area contributed by atoms with E-state index in [1.807, 2.05) is 0 Å². The van der Waals surface area contributed by atoms with Crippen LogP contribution >= 0.6 is 0 Å². The Morgan fingerprint density at radius 1 is 1.50 bits per heavy atom. The van der Waals surface area contributed by atoms with Gasteiger partial charge in [0.25, 0.3) is 5.91 Å². The Bertz CT molecular complexity index is 442. The molecule has 0 aromatic heterocycles. The number of carbonyl (C=O) groups excluding carboxylic acids is 1. The van der Waals surface area contributed by atoms with Gasteiger partial charge in [-0.15, -0.1) is 0 Å². The number of nitrogens with one attached hydrogen (secondary N) is 1. The smallest absolute Gasteiger partial charge is 0.257 e. The molecule has 0 radical (unpaired) electrons. The zero-order chi connectivity index (χ0) is 13.1. The summed E-state index contributed by atoms with van der Waals surface area (Å²) in [6.45, 7) is 1.62. The van der Waals surface area contributed by atoms with Crippen molar-refractivity contribution in [3.8, 4) is 11.5 Å². The van der Waals surface area contributed by atoms with Crippen LogP contribution in [0.3, 0.4) is 0 Å². The number of rotatable bonds is 3. The van der Waals surface area contributed by atoms with Crippen molar-refractivity contribution in [2.75, 3.05) is 20.1 Å². The fourth-order valence-corrected chi connectivity index (χ4v) is 2.23. The minimum Gasteiger partial charge on any atom is -0.508 e. The van der Waals surface area contributed by atoms with Gasteiger partial charge in [-0.1, -0.05) is 0 Å². The quantitative estimate of drug-likeness (QED) is 0.746. The number of nitrogens with zero attached hydrogens (tertiary/aromatic N) is 1. The summed E-state index contributed by atoms with van der Waals surface area (Å²) in [4.78, 5) is 13.7. The molecule has 0 aliphatic carbocycles. The first kappa shape index (κ1) is 12.7. The third kappa shape index (κ3) is 2.73. The molecule has 2 rings (SSSR count). The third-order valence-electron chi connectivity index (χ3n) is 3.22. The van der Waals surface area contributed by atoms with Crippen LogP contribution in [0.25, 0.3) is 0 Å². The Morgan fingerprint density at radius 3 is 2.89 bits per heavy atom. The van der Waals surface area contributed by atoms with E-state index < -0.39 is 0 Å². The molecule has 1 aromatic carbocycles. The van der Waals surface area contributed by atoms with E-state index in [9.17, 15) is 15.0 Å². The van der Waals surface area contributed by atoms with Gasteiger partial charge >= 0.3 is 0 Å². The van der Waals surface area contributed by atoms with Crippen molar-refractivity contribution in [2.24, 2.45) is 0 Å². The number of phenols is 2. The van der Waals surface area contributed by atoms with E-state index in [0.717, 1.165) is 19.4 Å². The Labute approximate surface area is 106 Å². The highest BCUT2D eigenvalue weighted by Gasteiger charge is 2.21. The molecule has 18 heavy (non-hydrogen) atoms. The molecule has 5 nitrogen and oxygen atoms in total. The van der Waals surface area contributed by atoms with Crippen LogP contribution in [0.4, 0.5) is 0 Å². The summed E-state index contributed by atoms with van der Waals surface area (Å²) in [5.41, 5.74) is 0.216. The van der Waals surface area contributed by atoms with Crippen molar-refractivity contribution in [1.29, 1.82) is 0 Å². The molecule has 5 heteroatoms. The van der Waals surface area contributed by atoms with E-state index in [0.29, 0.717) is 12.6 Å². The summed E-state index contributed by atoms with van der Waals surface area (Å²) in [7, 11) is 1.72. The predicted octanol–water partition coefficient (Wildman–Crippen LogP) is 0.922. The molecule has 1 aromatic rings. The largest absolute Gasteiger partial charge is 0.508 e. The van der Waals surface area contributed by atoms with Crippen molar-refractivity contribution in [2.45, 2.75) is 18.9 Å². The van der Waals surface area contributed by atoms with Gasteiger partial charge in [0, 0.05) is 25.7 Å². The van der Waals surface area contributed by atoms with E-state index in [1.54, 1.807) is 11.9 Å². The fourth-order valence-electron chi connectivity index (χ4n) is 2.23. The summed E-state index contributed by atoms with van der Waals surface area (Å²) in [5, 5.41) is 22.2. The standard InChI is InChI=1S/C13H18N2O3/c1-15(8-9-3-2-6-14-9)13(18)11-5-4-10(16)7-12(11)17/h4-5,7,9,14,16-17H,2-3,6,8H2,1H3. The number of amides is 1. The van der Waals surface area contributed by atoms with Crippen LogP contribution in [0.5, 0.6) is 11.5 Å². The summed E-state index contributed by atoms with van der Waals surface area (Å²) < 4.78 is 0. The van der Waals surface area contributed by atoms with Gasteiger partial charge in [0.1, 0.15) is 11.5 Å². The molecule has 1 saturated heterocycles. The number of hydrogen-bond donors (Lipinski definition) is 3. The maximum absolute atomic E-state index is 12.1. The van der Waals surface area contributed by atoms with Gasteiger partial charge in [-0.05, 0) is 31.5 Å². The zero-order valence-electron chi connectivity index (χ0n) is 10.4. The lowest BCUT2D eigenvalue weighted by atomic mass is 10.1. The second-order valence-electron chi connectivity index (χ2n) is 4.68. The van der Waals surface area contributed by atoms with Crippen molar-refractivity contribution < 1.29 is 15.0 Å². The molecule has 0 spiro atoms. The maximum atomic E-state index is 12.1. The van der Waals surface area contributed by atoms with Crippen LogP contribution in [-0.4, -0.2) is 47.2 Å². The summed E-state index contributed by atoms with van der Waals surface area (Å²) in [6, 6.07) is 4.34. The van der Waals surface area contributed by atoms with Gasteiger partial charge in [-0.25, -0.2) is 0 Å². The van der Waals surface area contributed by atoms with Gasteiger partial charge in [0.15, 0.2) is 0 Å². The maximum Gasteiger partial charge on any atom is 0.257 e. The Balaban J connectivity index is 2.05. The number of carbonyl (C=O) groups is 1. The second kappa shape index (κ2) is 5.27. The first-order valence-corrected chi connectivity index (χ1v) is 6.09. The number of aromatic hydroxyl groups is 2. The Kier molecular flexibility index (Phi) is 3.72. The van der Waals surface area contributed by atoms with E-state index in [4.69, 9.17) is 0 Å². The van der Waals surface area contributed by atoms with Crippen LogP contribution < -0.4 is 5.32 Å². The number of benzene rings is 1. The number of likely N-dealkylation sites (N-methyl/N-ethyl adjacent to an activating group) is 1. The van der Waals surface area contributed by atoms with E-state index >= 15 is 0 Å². The molecular formula is C13H18N2O3. The lowest BCUT2D eigenvalue weighted by molar-refractivity contribution is 0.0781. The highest BCUT2D eigenvalue weighted by atomic mass is 16.3. The van der Waals surface area contributed by atoms with Gasteiger partial charge in [-0.2, -0.15) is 0 Å². The van der Waals surface area contributed by atoms with E-state index in [-0.39, 0.29) is 23.0 Å². The topological polar surface area (TPSA) is 72.8 Å². The monoisotopic (exact) mass is 250 g/mol. The van der Waals surface area contributed by atoms with Gasteiger partial charge in [0.05, 0.1) is 5.56 Å². The number of hydrogen-bond acceptors (Lipinski definition) is 4. The Hall–Kier alpha value is -1.75. The molecular weight excluding hydrogens is 232 g/mol. The van der Waals surface area contributed by atoms with Crippen LogP contribution in [0.1, 0.15) is 23.2 Å². The molecule has 0 saturated carbocycles. The molecule has 1 unspecified atom stereocenters. The normalized spacial score (nSPS) is 18.8. The second-order valence-corrected chi connectivity index (χ2v) is 4.68. The van der Waals surface area contributed by atoms with Crippen LogP contribution in [0, 0.1) is 0 Å². The lowest BCUT2D eigenvalue weighted by Crippen LogP contribution is -2.38. The minimum absolute atomic E-state index is 0.0517. The third-order valence-corrected chi connectivity index (χ3v) is 3.22. The van der Waals surface area contributed by atoms with Crippen molar-refractivity contribution in [3.63, 3.8) is 0 Å². The lowest BCUT2D eigenvalue weighted by Gasteiger charge is -2.21. The molecule has 3 N–H and O–H groups in total. The minimum atomic E-state index is -0.235. The molecule has 1 fully saturated rings. The average Bonchev–Trinajstić information content (AvgIpc) is 2.81. The summed E-state index contributed by atoms with van der Waals surface area (Å²) in [5.74, 6) is -0.475. The number of phenolic OH excluding ortho intramolecular Hbond substituents is 2. The molecule has 0 bridgehead atoms. The summed E-state index contributed by atoms with van der Waals surface area (Å²) >= 11 is 0. The molecule has 1 amide bonds. The summed E-state index contributed by atoms with van der Waals surface area (Å²) in [6.07, 6.45) is 2.20. The van der Waals surface area contributed by atoms with Crippen LogP contribution in [0.15, 0.2) is 18.2 Å². The highest BCUT2D eigenvalue weighted by Crippen LogP contribution is 2.23. The van der Waals surface area contributed by atoms with Crippen LogP contribution in [-0.2, 0) is 0 Å². The van der Waals surface area contributed by atoms with Gasteiger partial charge < -0.3 is 20.4 Å². The zero-order valence-corrected chi connectivity index (χ0v) is 10.4. The average molecular weight is 250 g/mol. The first-order valence-electron chi connectivity index (χ1n) is 6.09. The van der Waals surface area contributed by atoms with Gasteiger partial charge in [0.2, 0.25) is 0 Å². The van der Waals surface area contributed by atoms with Crippen molar-refractivity contribution in [1.82, 2.24) is 10.2 Å². The van der Waals surface area contributed by atoms with E-state index in [1.165, 1.54) is 18.2 Å². The predicted molar refractivity (Wildman–Crippen MR) is 67.8 cm³/mol. The first-order chi connectivity index (χ1) is 8.58. The molecule has 98 valence electrons.